The first-order chi connectivity index (χ1) is 8.90. The van der Waals surface area contributed by atoms with E-state index in [1.807, 2.05) is 13.8 Å². The second-order valence-corrected chi connectivity index (χ2v) is 5.99. The Bertz CT molecular complexity index is 627. The molecule has 2 rings (SSSR count). The van der Waals surface area contributed by atoms with Crippen LogP contribution in [-0.2, 0) is 0 Å². The zero-order valence-corrected chi connectivity index (χ0v) is 11.9. The molecule has 6 heteroatoms. The number of amides is 1. The van der Waals surface area contributed by atoms with Gasteiger partial charge in [-0.05, 0) is 18.1 Å². The molecule has 0 aliphatic heterocycles. The molecule has 1 amide bonds. The Morgan fingerprint density at radius 1 is 1.47 bits per heavy atom. The van der Waals surface area contributed by atoms with Crippen LogP contribution in [0.15, 0.2) is 18.3 Å². The van der Waals surface area contributed by atoms with Gasteiger partial charge in [-0.15, -0.1) is 11.3 Å². The third kappa shape index (κ3) is 2.63. The first-order valence-corrected chi connectivity index (χ1v) is 6.81. The van der Waals surface area contributed by atoms with Gasteiger partial charge in [0.2, 0.25) is 0 Å². The van der Waals surface area contributed by atoms with Crippen LogP contribution in [0.1, 0.15) is 23.5 Å². The van der Waals surface area contributed by atoms with Crippen LogP contribution in [0.3, 0.4) is 0 Å². The van der Waals surface area contributed by atoms with Gasteiger partial charge in [-0.25, -0.2) is 4.79 Å². The largest absolute Gasteiger partial charge is 0.464 e. The van der Waals surface area contributed by atoms with Crippen molar-refractivity contribution < 1.29 is 14.7 Å². The number of carboxylic acid groups (broad SMARTS) is 1. The smallest absolute Gasteiger partial charge is 0.416 e. The molecular weight excluding hydrogens is 264 g/mol. The second-order valence-electron chi connectivity index (χ2n) is 4.91. The van der Waals surface area contributed by atoms with Gasteiger partial charge in [0.05, 0.1) is 15.1 Å². The lowest BCUT2D eigenvalue weighted by Gasteiger charge is -2.18. The van der Waals surface area contributed by atoms with Gasteiger partial charge in [0.1, 0.15) is 0 Å². The van der Waals surface area contributed by atoms with Crippen LogP contribution >= 0.6 is 11.3 Å². The van der Waals surface area contributed by atoms with E-state index in [-0.39, 0.29) is 5.91 Å². The van der Waals surface area contributed by atoms with Crippen molar-refractivity contribution in [2.75, 3.05) is 13.6 Å². The molecule has 2 aromatic heterocycles. The number of carbonyl (C=O) groups excluding carboxylic acids is 1. The summed E-state index contributed by atoms with van der Waals surface area (Å²) in [5.41, 5.74) is 0.568. The number of nitrogens with zero attached hydrogens (tertiary/aromatic N) is 2. The average Bonchev–Trinajstić information content (AvgIpc) is 2.84. The third-order valence-corrected chi connectivity index (χ3v) is 3.85. The second kappa shape index (κ2) is 5.05. The van der Waals surface area contributed by atoms with E-state index in [0.717, 1.165) is 9.27 Å². The third-order valence-electron chi connectivity index (χ3n) is 2.78. The van der Waals surface area contributed by atoms with Gasteiger partial charge >= 0.3 is 6.09 Å². The molecule has 0 atom stereocenters. The summed E-state index contributed by atoms with van der Waals surface area (Å²) in [5.74, 6) is 0.336. The molecule has 0 saturated carbocycles. The summed E-state index contributed by atoms with van der Waals surface area (Å²) in [4.78, 5) is 25.5. The molecule has 2 heterocycles. The van der Waals surface area contributed by atoms with Crippen molar-refractivity contribution in [1.82, 2.24) is 9.47 Å². The van der Waals surface area contributed by atoms with Gasteiger partial charge in [-0.1, -0.05) is 13.8 Å². The number of aromatic nitrogens is 1. The highest BCUT2D eigenvalue weighted by atomic mass is 32.1. The molecule has 0 unspecified atom stereocenters. The molecule has 0 aliphatic rings. The van der Waals surface area contributed by atoms with E-state index >= 15 is 0 Å². The summed E-state index contributed by atoms with van der Waals surface area (Å²) in [6, 6.07) is 3.36. The monoisotopic (exact) mass is 280 g/mol. The molecule has 0 saturated heterocycles. The molecule has 0 aromatic carbocycles. The molecule has 1 N–H and O–H groups in total. The quantitative estimate of drug-likeness (QED) is 0.940. The molecule has 5 nitrogen and oxygen atoms in total. The number of carbonyl (C=O) groups is 2. The van der Waals surface area contributed by atoms with Crippen molar-refractivity contribution in [2.24, 2.45) is 5.92 Å². The number of hydrogen-bond donors (Lipinski definition) is 1. The summed E-state index contributed by atoms with van der Waals surface area (Å²) in [6.45, 7) is 4.78. The Morgan fingerprint density at radius 2 is 2.16 bits per heavy atom. The minimum absolute atomic E-state index is 0.0631. The molecule has 0 spiro atoms. The van der Waals surface area contributed by atoms with E-state index in [1.54, 1.807) is 24.1 Å². The van der Waals surface area contributed by atoms with Crippen molar-refractivity contribution in [1.29, 1.82) is 0 Å². The fourth-order valence-electron chi connectivity index (χ4n) is 2.02. The van der Waals surface area contributed by atoms with Crippen LogP contribution in [0.4, 0.5) is 4.79 Å². The van der Waals surface area contributed by atoms with E-state index in [2.05, 4.69) is 0 Å². The Morgan fingerprint density at radius 3 is 2.74 bits per heavy atom. The van der Waals surface area contributed by atoms with Crippen molar-refractivity contribution >= 4 is 33.6 Å². The predicted octanol–water partition coefficient (Wildman–Crippen LogP) is 2.96. The average molecular weight is 280 g/mol. The lowest BCUT2D eigenvalue weighted by molar-refractivity contribution is 0.0784. The standard InChI is InChI=1S/C13H16N2O3S/c1-8(2)7-14(3)12(16)11-6-9-10(19-11)4-5-15(9)13(17)18/h4-6,8H,7H2,1-3H3,(H,17,18). The highest BCUT2D eigenvalue weighted by Crippen LogP contribution is 2.27. The van der Waals surface area contributed by atoms with Crippen molar-refractivity contribution in [3.63, 3.8) is 0 Å². The maximum absolute atomic E-state index is 12.2. The number of thiophene rings is 1. The lowest BCUT2D eigenvalue weighted by atomic mass is 10.2. The summed E-state index contributed by atoms with van der Waals surface area (Å²) < 4.78 is 1.94. The van der Waals surface area contributed by atoms with E-state index in [0.29, 0.717) is 22.9 Å². The zero-order valence-electron chi connectivity index (χ0n) is 11.1. The zero-order chi connectivity index (χ0) is 14.2. The first kappa shape index (κ1) is 13.6. The van der Waals surface area contributed by atoms with Gasteiger partial charge in [0, 0.05) is 19.8 Å². The molecule has 0 radical (unpaired) electrons. The first-order valence-electron chi connectivity index (χ1n) is 5.99. The maximum Gasteiger partial charge on any atom is 0.416 e. The Kier molecular flexibility index (Phi) is 3.61. The Hall–Kier alpha value is -1.82. The van der Waals surface area contributed by atoms with Gasteiger partial charge in [0.15, 0.2) is 0 Å². The van der Waals surface area contributed by atoms with E-state index < -0.39 is 6.09 Å². The fraction of sp³-hybridized carbons (Fsp3) is 0.385. The highest BCUT2D eigenvalue weighted by molar-refractivity contribution is 7.20. The van der Waals surface area contributed by atoms with Gasteiger partial charge in [-0.2, -0.15) is 0 Å². The van der Waals surface area contributed by atoms with Gasteiger partial charge in [-0.3, -0.25) is 9.36 Å². The molecule has 0 aliphatic carbocycles. The van der Waals surface area contributed by atoms with E-state index in [9.17, 15) is 9.59 Å². The summed E-state index contributed by atoms with van der Waals surface area (Å²) >= 11 is 1.32. The highest BCUT2D eigenvalue weighted by Gasteiger charge is 2.18. The van der Waals surface area contributed by atoms with Crippen LogP contribution in [0.25, 0.3) is 10.2 Å². The SMILES string of the molecule is CC(C)CN(C)C(=O)c1cc2c(ccn2C(=O)O)s1. The van der Waals surface area contributed by atoms with Crippen molar-refractivity contribution in [3.05, 3.63) is 23.2 Å². The molecule has 102 valence electrons. The fourth-order valence-corrected chi connectivity index (χ4v) is 3.06. The Balaban J connectivity index is 2.31. The number of fused-ring (bicyclic) bond motifs is 1. The topological polar surface area (TPSA) is 62.5 Å². The van der Waals surface area contributed by atoms with Crippen molar-refractivity contribution in [3.8, 4) is 0 Å². The Labute approximate surface area is 115 Å². The lowest BCUT2D eigenvalue weighted by Crippen LogP contribution is -2.29. The summed E-state index contributed by atoms with van der Waals surface area (Å²) in [6.07, 6.45) is 0.456. The van der Waals surface area contributed by atoms with E-state index in [4.69, 9.17) is 5.11 Å². The van der Waals surface area contributed by atoms with Crippen molar-refractivity contribution in [2.45, 2.75) is 13.8 Å². The minimum atomic E-state index is -1.04. The summed E-state index contributed by atoms with van der Waals surface area (Å²) in [5, 5.41) is 9.02. The maximum atomic E-state index is 12.2. The molecule has 0 bridgehead atoms. The number of rotatable bonds is 3. The van der Waals surface area contributed by atoms with Crippen LogP contribution in [0.2, 0.25) is 0 Å². The normalized spacial score (nSPS) is 11.2. The van der Waals surface area contributed by atoms with Crippen LogP contribution in [0.5, 0.6) is 0 Å². The van der Waals surface area contributed by atoms with E-state index in [1.165, 1.54) is 17.5 Å². The molecule has 19 heavy (non-hydrogen) atoms. The van der Waals surface area contributed by atoms with Crippen LogP contribution in [-0.4, -0.2) is 40.2 Å². The summed E-state index contributed by atoms with van der Waals surface area (Å²) in [7, 11) is 1.76. The molecular formula is C13H16N2O3S. The van der Waals surface area contributed by atoms with Gasteiger partial charge in [0.25, 0.3) is 5.91 Å². The number of hydrogen-bond acceptors (Lipinski definition) is 3. The minimum Gasteiger partial charge on any atom is -0.464 e. The molecule has 2 aromatic rings. The van der Waals surface area contributed by atoms with Crippen LogP contribution < -0.4 is 0 Å². The van der Waals surface area contributed by atoms with Crippen LogP contribution in [0, 0.1) is 5.92 Å². The predicted molar refractivity (Wildman–Crippen MR) is 75.0 cm³/mol. The van der Waals surface area contributed by atoms with Gasteiger partial charge < -0.3 is 10.0 Å². The molecule has 0 fully saturated rings.